The van der Waals surface area contributed by atoms with Crippen LogP contribution in [0.4, 0.5) is 0 Å². The van der Waals surface area contributed by atoms with E-state index in [0.717, 1.165) is 16.7 Å². The molecule has 0 aromatic heterocycles. The molecule has 0 heterocycles. The van der Waals surface area contributed by atoms with Crippen molar-refractivity contribution in [2.24, 2.45) is 5.10 Å². The zero-order chi connectivity index (χ0) is 16.8. The summed E-state index contributed by atoms with van der Waals surface area (Å²) >= 11 is 11.9. The lowest BCUT2D eigenvalue weighted by molar-refractivity contribution is -0.123. The van der Waals surface area contributed by atoms with Crippen LogP contribution in [0.15, 0.2) is 41.5 Å². The van der Waals surface area contributed by atoms with Crippen LogP contribution < -0.4 is 10.2 Å². The first-order valence-electron chi connectivity index (χ1n) is 6.92. The van der Waals surface area contributed by atoms with Gasteiger partial charge in [0.05, 0.1) is 6.21 Å². The highest BCUT2D eigenvalue weighted by Crippen LogP contribution is 2.25. The molecule has 1 amide bonds. The number of hydrogen-bond acceptors (Lipinski definition) is 3. The van der Waals surface area contributed by atoms with E-state index >= 15 is 0 Å². The third kappa shape index (κ3) is 5.27. The van der Waals surface area contributed by atoms with E-state index in [-0.39, 0.29) is 12.5 Å². The lowest BCUT2D eigenvalue weighted by atomic mass is 10.1. The molecular weight excluding hydrogens is 335 g/mol. The van der Waals surface area contributed by atoms with Crippen LogP contribution in [0.1, 0.15) is 16.7 Å². The third-order valence-electron chi connectivity index (χ3n) is 3.05. The molecule has 0 aliphatic heterocycles. The van der Waals surface area contributed by atoms with Gasteiger partial charge in [0.2, 0.25) is 0 Å². The molecule has 23 heavy (non-hydrogen) atoms. The number of hydrogen-bond donors (Lipinski definition) is 1. The summed E-state index contributed by atoms with van der Waals surface area (Å²) in [4.78, 5) is 11.7. The average molecular weight is 351 g/mol. The summed E-state index contributed by atoms with van der Waals surface area (Å²) in [5.41, 5.74) is 5.05. The van der Waals surface area contributed by atoms with Crippen molar-refractivity contribution in [3.05, 3.63) is 63.1 Å². The Morgan fingerprint density at radius 2 is 1.78 bits per heavy atom. The van der Waals surface area contributed by atoms with Gasteiger partial charge in [0, 0.05) is 10.0 Å². The van der Waals surface area contributed by atoms with Crippen LogP contribution in [0.3, 0.4) is 0 Å². The summed E-state index contributed by atoms with van der Waals surface area (Å²) in [5, 5.41) is 5.21. The summed E-state index contributed by atoms with van der Waals surface area (Å²) in [5.74, 6) is 0.252. The molecule has 0 radical (unpaired) electrons. The van der Waals surface area contributed by atoms with Gasteiger partial charge in [-0.1, -0.05) is 35.3 Å². The number of rotatable bonds is 5. The first kappa shape index (κ1) is 17.3. The normalized spacial score (nSPS) is 10.8. The fraction of sp³-hybridized carbons (Fsp3) is 0.176. The molecule has 0 saturated carbocycles. The van der Waals surface area contributed by atoms with Gasteiger partial charge >= 0.3 is 0 Å². The number of hydrazone groups is 1. The van der Waals surface area contributed by atoms with Crippen molar-refractivity contribution in [1.29, 1.82) is 0 Å². The van der Waals surface area contributed by atoms with Crippen molar-refractivity contribution >= 4 is 35.3 Å². The first-order chi connectivity index (χ1) is 11.0. The zero-order valence-electron chi connectivity index (χ0n) is 12.8. The number of ether oxygens (including phenoxy) is 1. The number of carbonyl (C=O) groups is 1. The van der Waals surface area contributed by atoms with Crippen molar-refractivity contribution in [2.45, 2.75) is 13.8 Å². The molecule has 6 heteroatoms. The van der Waals surface area contributed by atoms with E-state index in [1.807, 2.05) is 13.8 Å². The zero-order valence-corrected chi connectivity index (χ0v) is 14.3. The van der Waals surface area contributed by atoms with E-state index in [9.17, 15) is 4.79 Å². The highest BCUT2D eigenvalue weighted by Gasteiger charge is 2.06. The van der Waals surface area contributed by atoms with Gasteiger partial charge in [-0.15, -0.1) is 0 Å². The Balaban J connectivity index is 1.84. The first-order valence-corrected chi connectivity index (χ1v) is 7.68. The molecule has 2 aromatic rings. The molecule has 0 unspecified atom stereocenters. The molecule has 0 spiro atoms. The number of carbonyl (C=O) groups excluding carboxylic acids is 1. The summed E-state index contributed by atoms with van der Waals surface area (Å²) in [6.07, 6.45) is 1.53. The maximum absolute atomic E-state index is 11.7. The number of benzene rings is 2. The van der Waals surface area contributed by atoms with Crippen molar-refractivity contribution in [2.75, 3.05) is 6.61 Å². The Labute approximate surface area is 145 Å². The Kier molecular flexibility index (Phi) is 6.02. The molecule has 0 atom stereocenters. The predicted octanol–water partition coefficient (Wildman–Crippen LogP) is 4.14. The Hall–Kier alpha value is -2.04. The van der Waals surface area contributed by atoms with Crippen LogP contribution in [0, 0.1) is 13.8 Å². The Morgan fingerprint density at radius 1 is 1.17 bits per heavy atom. The number of nitrogens with zero attached hydrogens (tertiary/aromatic N) is 1. The monoisotopic (exact) mass is 350 g/mol. The van der Waals surface area contributed by atoms with Gasteiger partial charge in [0.1, 0.15) is 5.75 Å². The summed E-state index contributed by atoms with van der Waals surface area (Å²) in [6.45, 7) is 3.65. The summed E-state index contributed by atoms with van der Waals surface area (Å²) in [7, 11) is 0. The fourth-order valence-corrected chi connectivity index (χ4v) is 2.13. The van der Waals surface area contributed by atoms with Crippen LogP contribution in [0.2, 0.25) is 10.0 Å². The number of nitrogens with one attached hydrogen (secondary N) is 1. The van der Waals surface area contributed by atoms with Crippen LogP contribution in [-0.4, -0.2) is 18.7 Å². The molecule has 2 aromatic carbocycles. The van der Waals surface area contributed by atoms with Gasteiger partial charge in [0.25, 0.3) is 5.91 Å². The lowest BCUT2D eigenvalue weighted by Crippen LogP contribution is -2.24. The van der Waals surface area contributed by atoms with Crippen LogP contribution >= 0.6 is 23.2 Å². The second kappa shape index (κ2) is 7.99. The third-order valence-corrected chi connectivity index (χ3v) is 3.90. The number of aryl methyl sites for hydroxylation is 2. The molecule has 4 nitrogen and oxygen atoms in total. The van der Waals surface area contributed by atoms with E-state index < -0.39 is 0 Å². The molecule has 0 aliphatic rings. The van der Waals surface area contributed by atoms with Gasteiger partial charge in [-0.05, 0) is 54.8 Å². The van der Waals surface area contributed by atoms with Crippen LogP contribution in [0.25, 0.3) is 0 Å². The second-order valence-electron chi connectivity index (χ2n) is 5.00. The Morgan fingerprint density at radius 3 is 2.39 bits per heavy atom. The van der Waals surface area contributed by atoms with Crippen LogP contribution in [0.5, 0.6) is 5.75 Å². The van der Waals surface area contributed by atoms with E-state index in [0.29, 0.717) is 15.8 Å². The standard InChI is InChI=1S/C17H16Cl2N2O2/c1-11-7-15(8-12(2)17(11)19)23-10-16(22)21-20-9-13-3-5-14(18)6-4-13/h3-9H,10H2,1-2H3,(H,21,22)/b20-9+. The number of amides is 1. The lowest BCUT2D eigenvalue weighted by Gasteiger charge is -2.09. The Bertz CT molecular complexity index is 705. The average Bonchev–Trinajstić information content (AvgIpc) is 2.52. The quantitative estimate of drug-likeness (QED) is 0.650. The van der Waals surface area contributed by atoms with Gasteiger partial charge in [-0.3, -0.25) is 4.79 Å². The molecule has 0 bridgehead atoms. The minimum Gasteiger partial charge on any atom is -0.484 e. The molecule has 0 saturated heterocycles. The van der Waals surface area contributed by atoms with Gasteiger partial charge in [-0.25, -0.2) is 5.43 Å². The topological polar surface area (TPSA) is 50.7 Å². The van der Waals surface area contributed by atoms with Crippen molar-refractivity contribution in [3.63, 3.8) is 0 Å². The highest BCUT2D eigenvalue weighted by atomic mass is 35.5. The van der Waals surface area contributed by atoms with Gasteiger partial charge in [-0.2, -0.15) is 5.10 Å². The largest absolute Gasteiger partial charge is 0.484 e. The van der Waals surface area contributed by atoms with Crippen molar-refractivity contribution < 1.29 is 9.53 Å². The SMILES string of the molecule is Cc1cc(OCC(=O)N/N=C/c2ccc(Cl)cc2)cc(C)c1Cl. The highest BCUT2D eigenvalue weighted by molar-refractivity contribution is 6.32. The molecule has 0 aliphatic carbocycles. The van der Waals surface area contributed by atoms with E-state index in [1.165, 1.54) is 6.21 Å². The van der Waals surface area contributed by atoms with Crippen molar-refractivity contribution in [1.82, 2.24) is 5.43 Å². The summed E-state index contributed by atoms with van der Waals surface area (Å²) < 4.78 is 5.44. The minimum atomic E-state index is -0.347. The van der Waals surface area contributed by atoms with E-state index in [4.69, 9.17) is 27.9 Å². The van der Waals surface area contributed by atoms with Gasteiger partial charge < -0.3 is 4.74 Å². The van der Waals surface area contributed by atoms with E-state index in [1.54, 1.807) is 36.4 Å². The maximum Gasteiger partial charge on any atom is 0.277 e. The second-order valence-corrected chi connectivity index (χ2v) is 5.82. The van der Waals surface area contributed by atoms with Crippen molar-refractivity contribution in [3.8, 4) is 5.75 Å². The fourth-order valence-electron chi connectivity index (χ4n) is 1.90. The predicted molar refractivity (Wildman–Crippen MR) is 93.6 cm³/mol. The maximum atomic E-state index is 11.7. The molecule has 2 rings (SSSR count). The molecule has 1 N–H and O–H groups in total. The molecular formula is C17H16Cl2N2O2. The minimum absolute atomic E-state index is 0.127. The molecule has 0 fully saturated rings. The smallest absolute Gasteiger partial charge is 0.277 e. The van der Waals surface area contributed by atoms with Gasteiger partial charge in [0.15, 0.2) is 6.61 Å². The summed E-state index contributed by atoms with van der Waals surface area (Å²) in [6, 6.07) is 10.7. The molecule has 120 valence electrons. The van der Waals surface area contributed by atoms with Crippen LogP contribution in [-0.2, 0) is 4.79 Å². The number of halogens is 2. The van der Waals surface area contributed by atoms with E-state index in [2.05, 4.69) is 10.5 Å².